The van der Waals surface area contributed by atoms with Crippen LogP contribution in [0.15, 0.2) is 72.8 Å². The van der Waals surface area contributed by atoms with E-state index in [9.17, 15) is 0 Å². The zero-order chi connectivity index (χ0) is 18.2. The number of halogens is 1. The predicted molar refractivity (Wildman–Crippen MR) is 121 cm³/mol. The van der Waals surface area contributed by atoms with Crippen molar-refractivity contribution < 1.29 is 4.43 Å². The molecule has 134 valence electrons. The molecular weight excluding hydrogens is 435 g/mol. The fourth-order valence-corrected chi connectivity index (χ4v) is 8.33. The quantitative estimate of drug-likeness (QED) is 0.169. The molecule has 2 aromatic rings. The van der Waals surface area contributed by atoms with Crippen molar-refractivity contribution >= 4 is 41.3 Å². The van der Waals surface area contributed by atoms with Gasteiger partial charge >= 0.3 is 0 Å². The van der Waals surface area contributed by atoms with E-state index in [1.165, 1.54) is 10.4 Å². The fourth-order valence-electron chi connectivity index (χ4n) is 3.37. The molecule has 0 aliphatic carbocycles. The molecule has 0 N–H and O–H groups in total. The second kappa shape index (κ2) is 9.69. The van der Waals surface area contributed by atoms with Crippen LogP contribution in [-0.4, -0.2) is 19.4 Å². The molecule has 0 saturated heterocycles. The van der Waals surface area contributed by atoms with Crippen molar-refractivity contribution in [3.8, 4) is 0 Å². The summed E-state index contributed by atoms with van der Waals surface area (Å²) in [6.45, 7) is 7.79. The summed E-state index contributed by atoms with van der Waals surface area (Å²) in [6.07, 6.45) is 6.64. The third-order valence-electron chi connectivity index (χ3n) is 4.51. The van der Waals surface area contributed by atoms with Crippen molar-refractivity contribution in [3.05, 3.63) is 72.8 Å². The van der Waals surface area contributed by atoms with E-state index in [0.717, 1.165) is 23.9 Å². The highest BCUT2D eigenvalue weighted by molar-refractivity contribution is 14.1. The molecule has 0 atom stereocenters. The van der Waals surface area contributed by atoms with Crippen molar-refractivity contribution in [2.24, 2.45) is 0 Å². The molecule has 0 fully saturated rings. The summed E-state index contributed by atoms with van der Waals surface area (Å²) in [5.41, 5.74) is 0. The number of alkyl halides is 1. The Labute approximate surface area is 167 Å². The van der Waals surface area contributed by atoms with E-state index in [0.29, 0.717) is 0 Å². The summed E-state index contributed by atoms with van der Waals surface area (Å²) in [4.78, 5) is 0. The van der Waals surface area contributed by atoms with Crippen molar-refractivity contribution in [2.45, 2.75) is 38.7 Å². The highest BCUT2D eigenvalue weighted by Gasteiger charge is 2.49. The molecule has 2 aromatic carbocycles. The predicted octanol–water partition coefficient (Wildman–Crippen LogP) is 5.33. The molecule has 0 aliphatic rings. The van der Waals surface area contributed by atoms with Gasteiger partial charge in [-0.15, -0.1) is 0 Å². The number of hydrogen-bond acceptors (Lipinski definition) is 1. The van der Waals surface area contributed by atoms with Gasteiger partial charge in [0.25, 0.3) is 8.32 Å². The Morgan fingerprint density at radius 1 is 0.880 bits per heavy atom. The van der Waals surface area contributed by atoms with Crippen LogP contribution in [-0.2, 0) is 4.43 Å². The lowest BCUT2D eigenvalue weighted by Gasteiger charge is -2.43. The van der Waals surface area contributed by atoms with Gasteiger partial charge in [0.1, 0.15) is 0 Å². The van der Waals surface area contributed by atoms with Crippen LogP contribution in [0.2, 0.25) is 5.04 Å². The Morgan fingerprint density at radius 3 is 1.84 bits per heavy atom. The molecule has 0 unspecified atom stereocenters. The number of hydrogen-bond donors (Lipinski definition) is 0. The number of allylic oxidation sites excluding steroid dienone is 2. The Bertz CT molecular complexity index is 607. The monoisotopic (exact) mass is 464 g/mol. The van der Waals surface area contributed by atoms with Gasteiger partial charge < -0.3 is 4.43 Å². The molecule has 0 bridgehead atoms. The molecule has 0 radical (unpaired) electrons. The van der Waals surface area contributed by atoms with Crippen LogP contribution in [0, 0.1) is 0 Å². The Kier molecular flexibility index (Phi) is 7.91. The van der Waals surface area contributed by atoms with Gasteiger partial charge in [0.15, 0.2) is 0 Å². The molecule has 0 aliphatic heterocycles. The average molecular weight is 464 g/mol. The van der Waals surface area contributed by atoms with Gasteiger partial charge in [-0.1, -0.05) is 116 Å². The van der Waals surface area contributed by atoms with Crippen molar-refractivity contribution in [1.82, 2.24) is 0 Å². The van der Waals surface area contributed by atoms with Crippen LogP contribution in [0.5, 0.6) is 0 Å². The van der Waals surface area contributed by atoms with Gasteiger partial charge in [-0.25, -0.2) is 0 Å². The molecule has 0 saturated carbocycles. The number of rotatable bonds is 8. The third-order valence-corrected chi connectivity index (χ3v) is 10.1. The second-order valence-corrected chi connectivity index (χ2v) is 12.5. The first kappa shape index (κ1) is 20.4. The second-order valence-electron chi connectivity index (χ2n) is 7.28. The highest BCUT2D eigenvalue weighted by atomic mass is 127. The Balaban J connectivity index is 2.37. The Hall–Kier alpha value is -0.913. The number of benzene rings is 2. The third kappa shape index (κ3) is 5.05. The first-order valence-corrected chi connectivity index (χ1v) is 12.4. The molecule has 0 amide bonds. The molecule has 2 rings (SSSR count). The smallest absolute Gasteiger partial charge is 0.261 e. The van der Waals surface area contributed by atoms with Crippen LogP contribution < -0.4 is 10.4 Å². The van der Waals surface area contributed by atoms with E-state index >= 15 is 0 Å². The summed E-state index contributed by atoms with van der Waals surface area (Å²) >= 11 is 2.38. The first-order valence-electron chi connectivity index (χ1n) is 8.98. The molecule has 1 nitrogen and oxygen atoms in total. The summed E-state index contributed by atoms with van der Waals surface area (Å²) in [7, 11) is -2.34. The largest absolute Gasteiger partial charge is 0.407 e. The van der Waals surface area contributed by atoms with Crippen molar-refractivity contribution in [1.29, 1.82) is 0 Å². The maximum Gasteiger partial charge on any atom is 0.261 e. The summed E-state index contributed by atoms with van der Waals surface area (Å²) in [5.74, 6) is 0. The Morgan fingerprint density at radius 2 is 1.40 bits per heavy atom. The van der Waals surface area contributed by atoms with E-state index in [1.54, 1.807) is 0 Å². The van der Waals surface area contributed by atoms with E-state index < -0.39 is 8.32 Å². The topological polar surface area (TPSA) is 9.23 Å². The maximum atomic E-state index is 6.85. The molecule has 3 heteroatoms. The normalized spacial score (nSPS) is 12.6. The minimum Gasteiger partial charge on any atom is -0.407 e. The molecule has 0 aromatic heterocycles. The lowest BCUT2D eigenvalue weighted by molar-refractivity contribution is 0.293. The lowest BCUT2D eigenvalue weighted by Crippen LogP contribution is -2.66. The van der Waals surface area contributed by atoms with E-state index in [4.69, 9.17) is 4.43 Å². The minimum absolute atomic E-state index is 0.0632. The molecule has 0 heterocycles. The van der Waals surface area contributed by atoms with E-state index in [1.807, 2.05) is 0 Å². The van der Waals surface area contributed by atoms with Crippen LogP contribution >= 0.6 is 22.6 Å². The first-order chi connectivity index (χ1) is 12.0. The minimum atomic E-state index is -2.34. The van der Waals surface area contributed by atoms with Gasteiger partial charge in [-0.05, 0) is 28.3 Å². The SMILES string of the molecule is CC(C)(C)[Si](OCCCC=CCI)(c1ccccc1)c1ccccc1. The van der Waals surface area contributed by atoms with Gasteiger partial charge in [-0.2, -0.15) is 0 Å². The van der Waals surface area contributed by atoms with Crippen molar-refractivity contribution in [2.75, 3.05) is 11.0 Å². The van der Waals surface area contributed by atoms with E-state index in [-0.39, 0.29) is 5.04 Å². The van der Waals surface area contributed by atoms with Gasteiger partial charge in [0.05, 0.1) is 0 Å². The van der Waals surface area contributed by atoms with Gasteiger partial charge in [0.2, 0.25) is 0 Å². The van der Waals surface area contributed by atoms with Crippen LogP contribution in [0.4, 0.5) is 0 Å². The van der Waals surface area contributed by atoms with Gasteiger partial charge in [-0.3, -0.25) is 0 Å². The molecule has 0 spiro atoms. The highest BCUT2D eigenvalue weighted by Crippen LogP contribution is 2.36. The maximum absolute atomic E-state index is 6.85. The van der Waals surface area contributed by atoms with Crippen LogP contribution in [0.25, 0.3) is 0 Å². The molecular formula is C22H29IOSi. The summed E-state index contributed by atoms with van der Waals surface area (Å²) < 4.78 is 7.93. The standard InChI is InChI=1S/C22H29IOSi/c1-22(2,3)25(20-14-8-6-9-15-20,21-16-10-7-11-17-21)24-19-13-5-4-12-18-23/h4,6-12,14-17H,5,13,18-19H2,1-3H3. The number of unbranched alkanes of at least 4 members (excludes halogenated alkanes) is 1. The summed E-state index contributed by atoms with van der Waals surface area (Å²) in [6, 6.07) is 21.7. The fraction of sp³-hybridized carbons (Fsp3) is 0.364. The lowest BCUT2D eigenvalue weighted by atomic mass is 10.2. The zero-order valence-electron chi connectivity index (χ0n) is 15.5. The van der Waals surface area contributed by atoms with Gasteiger partial charge in [0, 0.05) is 11.0 Å². The molecule has 25 heavy (non-hydrogen) atoms. The zero-order valence-corrected chi connectivity index (χ0v) is 18.7. The summed E-state index contributed by atoms with van der Waals surface area (Å²) in [5, 5.41) is 2.78. The van der Waals surface area contributed by atoms with Crippen LogP contribution in [0.1, 0.15) is 33.6 Å². The van der Waals surface area contributed by atoms with Crippen LogP contribution in [0.3, 0.4) is 0 Å². The van der Waals surface area contributed by atoms with Crippen molar-refractivity contribution in [3.63, 3.8) is 0 Å². The average Bonchev–Trinajstić information content (AvgIpc) is 2.62. The van der Waals surface area contributed by atoms with E-state index in [2.05, 4.69) is 116 Å².